The van der Waals surface area contributed by atoms with Crippen molar-refractivity contribution >= 4 is 0 Å². The molecule has 0 radical (unpaired) electrons. The van der Waals surface area contributed by atoms with Crippen molar-refractivity contribution in [1.82, 2.24) is 4.90 Å². The molecule has 1 fully saturated rings. The third-order valence-corrected chi connectivity index (χ3v) is 3.38. The Labute approximate surface area is 107 Å². The molecule has 1 aromatic rings. The molecule has 1 heterocycles. The number of morpholine rings is 1. The monoisotopic (exact) mass is 255 g/mol. The third-order valence-electron chi connectivity index (χ3n) is 3.38. The van der Waals surface area contributed by atoms with E-state index in [4.69, 9.17) is 4.74 Å². The minimum atomic E-state index is -0.430. The van der Waals surface area contributed by atoms with Gasteiger partial charge in [-0.15, -0.1) is 0 Å². The van der Waals surface area contributed by atoms with Crippen molar-refractivity contribution in [3.8, 4) is 0 Å². The summed E-state index contributed by atoms with van der Waals surface area (Å²) in [4.78, 5) is 2.27. The van der Waals surface area contributed by atoms with Gasteiger partial charge in [0.1, 0.15) is 11.6 Å². The van der Waals surface area contributed by atoms with Crippen LogP contribution in [-0.2, 0) is 11.2 Å². The Morgan fingerprint density at radius 3 is 2.67 bits per heavy atom. The second kappa shape index (κ2) is 6.25. The summed E-state index contributed by atoms with van der Waals surface area (Å²) in [5.41, 5.74) is 0.737. The van der Waals surface area contributed by atoms with Gasteiger partial charge in [0.2, 0.25) is 0 Å². The van der Waals surface area contributed by atoms with E-state index in [2.05, 4.69) is 4.90 Å². The van der Waals surface area contributed by atoms with Gasteiger partial charge in [-0.2, -0.15) is 0 Å². The molecule has 2 rings (SSSR count). The summed E-state index contributed by atoms with van der Waals surface area (Å²) in [6.45, 7) is 5.88. The van der Waals surface area contributed by atoms with E-state index in [1.165, 1.54) is 12.1 Å². The Balaban J connectivity index is 1.88. The van der Waals surface area contributed by atoms with Gasteiger partial charge in [-0.3, -0.25) is 4.90 Å². The average molecular weight is 255 g/mol. The van der Waals surface area contributed by atoms with Crippen molar-refractivity contribution in [2.45, 2.75) is 19.8 Å². The molecule has 0 bridgehead atoms. The summed E-state index contributed by atoms with van der Waals surface area (Å²) in [7, 11) is 0. The standard InChI is InChI=1S/C14H19F2NO/c1-11-4-5-13(15)12(14(11)16)3-2-6-17-7-9-18-10-8-17/h4-5H,2-3,6-10H2,1H3. The lowest BCUT2D eigenvalue weighted by molar-refractivity contribution is 0.0374. The van der Waals surface area contributed by atoms with E-state index >= 15 is 0 Å². The highest BCUT2D eigenvalue weighted by Gasteiger charge is 2.13. The molecule has 0 amide bonds. The van der Waals surface area contributed by atoms with E-state index < -0.39 is 11.6 Å². The molecule has 4 heteroatoms. The molecule has 0 aliphatic carbocycles. The molecule has 2 nitrogen and oxygen atoms in total. The van der Waals surface area contributed by atoms with E-state index in [0.29, 0.717) is 12.0 Å². The van der Waals surface area contributed by atoms with Gasteiger partial charge in [0, 0.05) is 18.7 Å². The summed E-state index contributed by atoms with van der Waals surface area (Å²) < 4.78 is 32.5. The van der Waals surface area contributed by atoms with E-state index in [0.717, 1.165) is 39.3 Å². The van der Waals surface area contributed by atoms with Crippen molar-refractivity contribution in [1.29, 1.82) is 0 Å². The predicted molar refractivity (Wildman–Crippen MR) is 66.7 cm³/mol. The zero-order chi connectivity index (χ0) is 13.0. The summed E-state index contributed by atoms with van der Waals surface area (Å²) in [6, 6.07) is 2.83. The molecule has 1 aliphatic rings. The highest BCUT2D eigenvalue weighted by Crippen LogP contribution is 2.18. The van der Waals surface area contributed by atoms with Gasteiger partial charge >= 0.3 is 0 Å². The van der Waals surface area contributed by atoms with Crippen LogP contribution in [-0.4, -0.2) is 37.7 Å². The van der Waals surface area contributed by atoms with E-state index in [9.17, 15) is 8.78 Å². The lowest BCUT2D eigenvalue weighted by Gasteiger charge is -2.26. The van der Waals surface area contributed by atoms with Crippen LogP contribution in [0.1, 0.15) is 17.5 Å². The van der Waals surface area contributed by atoms with Crippen LogP contribution in [0.2, 0.25) is 0 Å². The predicted octanol–water partition coefficient (Wildman–Crippen LogP) is 2.54. The summed E-state index contributed by atoms with van der Waals surface area (Å²) in [6.07, 6.45) is 1.23. The van der Waals surface area contributed by atoms with Gasteiger partial charge in [0.05, 0.1) is 13.2 Å². The molecular formula is C14H19F2NO. The van der Waals surface area contributed by atoms with Gasteiger partial charge in [0.25, 0.3) is 0 Å². The van der Waals surface area contributed by atoms with Gasteiger partial charge < -0.3 is 4.74 Å². The number of benzene rings is 1. The fourth-order valence-electron chi connectivity index (χ4n) is 2.25. The van der Waals surface area contributed by atoms with Crippen LogP contribution in [0.15, 0.2) is 12.1 Å². The Bertz CT molecular complexity index is 403. The van der Waals surface area contributed by atoms with Gasteiger partial charge in [-0.25, -0.2) is 8.78 Å². The summed E-state index contributed by atoms with van der Waals surface area (Å²) in [5, 5.41) is 0. The van der Waals surface area contributed by atoms with Crippen molar-refractivity contribution in [2.24, 2.45) is 0 Å². The molecule has 18 heavy (non-hydrogen) atoms. The van der Waals surface area contributed by atoms with Gasteiger partial charge in [-0.05, 0) is 37.9 Å². The first-order chi connectivity index (χ1) is 8.68. The quantitative estimate of drug-likeness (QED) is 0.819. The molecule has 0 spiro atoms. The average Bonchev–Trinajstić information content (AvgIpc) is 2.39. The molecule has 0 unspecified atom stereocenters. The van der Waals surface area contributed by atoms with Crippen LogP contribution in [0, 0.1) is 18.6 Å². The second-order valence-corrected chi connectivity index (χ2v) is 4.71. The fourth-order valence-corrected chi connectivity index (χ4v) is 2.25. The van der Waals surface area contributed by atoms with Crippen LogP contribution in [0.3, 0.4) is 0 Å². The first kappa shape index (κ1) is 13.4. The maximum absolute atomic E-state index is 13.8. The molecular weight excluding hydrogens is 236 g/mol. The molecule has 1 saturated heterocycles. The van der Waals surface area contributed by atoms with Crippen LogP contribution >= 0.6 is 0 Å². The number of nitrogens with zero attached hydrogens (tertiary/aromatic N) is 1. The van der Waals surface area contributed by atoms with Crippen LogP contribution in [0.25, 0.3) is 0 Å². The van der Waals surface area contributed by atoms with Crippen molar-refractivity contribution in [3.63, 3.8) is 0 Å². The van der Waals surface area contributed by atoms with Crippen LogP contribution in [0.5, 0.6) is 0 Å². The second-order valence-electron chi connectivity index (χ2n) is 4.71. The van der Waals surface area contributed by atoms with Crippen molar-refractivity contribution in [2.75, 3.05) is 32.8 Å². The van der Waals surface area contributed by atoms with E-state index in [-0.39, 0.29) is 5.56 Å². The zero-order valence-electron chi connectivity index (χ0n) is 10.7. The Morgan fingerprint density at radius 2 is 1.94 bits per heavy atom. The fraction of sp³-hybridized carbons (Fsp3) is 0.571. The van der Waals surface area contributed by atoms with Gasteiger partial charge in [0.15, 0.2) is 0 Å². The number of rotatable bonds is 4. The number of hydrogen-bond acceptors (Lipinski definition) is 2. The lowest BCUT2D eigenvalue weighted by Crippen LogP contribution is -2.37. The van der Waals surface area contributed by atoms with E-state index in [1.807, 2.05) is 0 Å². The lowest BCUT2D eigenvalue weighted by atomic mass is 10.0. The molecule has 0 saturated carbocycles. The highest BCUT2D eigenvalue weighted by atomic mass is 19.1. The topological polar surface area (TPSA) is 12.5 Å². The first-order valence-electron chi connectivity index (χ1n) is 6.42. The first-order valence-corrected chi connectivity index (χ1v) is 6.42. The largest absolute Gasteiger partial charge is 0.379 e. The van der Waals surface area contributed by atoms with Crippen molar-refractivity contribution in [3.05, 3.63) is 34.9 Å². The Hall–Kier alpha value is -1.00. The highest BCUT2D eigenvalue weighted by molar-refractivity contribution is 5.26. The maximum atomic E-state index is 13.8. The Kier molecular flexibility index (Phi) is 4.66. The number of halogens is 2. The SMILES string of the molecule is Cc1ccc(F)c(CCCN2CCOCC2)c1F. The smallest absolute Gasteiger partial charge is 0.132 e. The number of hydrogen-bond donors (Lipinski definition) is 0. The van der Waals surface area contributed by atoms with E-state index in [1.54, 1.807) is 6.92 Å². The summed E-state index contributed by atoms with van der Waals surface area (Å²) in [5.74, 6) is -0.822. The number of aryl methyl sites for hydroxylation is 1. The summed E-state index contributed by atoms with van der Waals surface area (Å²) >= 11 is 0. The van der Waals surface area contributed by atoms with Crippen LogP contribution < -0.4 is 0 Å². The maximum Gasteiger partial charge on any atom is 0.132 e. The minimum absolute atomic E-state index is 0.225. The van der Waals surface area contributed by atoms with Gasteiger partial charge in [-0.1, -0.05) is 6.07 Å². The molecule has 0 atom stereocenters. The molecule has 100 valence electrons. The zero-order valence-corrected chi connectivity index (χ0v) is 10.7. The minimum Gasteiger partial charge on any atom is -0.379 e. The molecule has 1 aliphatic heterocycles. The number of ether oxygens (including phenoxy) is 1. The Morgan fingerprint density at radius 1 is 1.22 bits per heavy atom. The van der Waals surface area contributed by atoms with Crippen LogP contribution in [0.4, 0.5) is 8.78 Å². The third kappa shape index (κ3) is 3.27. The van der Waals surface area contributed by atoms with Crippen molar-refractivity contribution < 1.29 is 13.5 Å². The molecule has 1 aromatic carbocycles. The molecule has 0 N–H and O–H groups in total. The molecule has 0 aromatic heterocycles. The normalized spacial score (nSPS) is 17.1.